The fraction of sp³-hybridized carbons (Fsp3) is 0.0952. The molecule has 1 amide bonds. The van der Waals surface area contributed by atoms with Crippen LogP contribution < -0.4 is 4.90 Å². The standard InChI is InChI=1S/C21H14Cl2N2O4/c1-11-9-16(24-29-11)25-18(13-7-8-14(22)15(23)10-13)17(20(27)21(25)28)19(26)12-5-3-2-4-6-12/h2-10,18,26H,1H3/b19-17-. The number of halogens is 2. The molecule has 2 aromatic carbocycles. The number of ketones is 1. The monoisotopic (exact) mass is 428 g/mol. The number of amides is 1. The smallest absolute Gasteiger partial charge is 0.301 e. The van der Waals surface area contributed by atoms with Crippen LogP contribution in [0.3, 0.4) is 0 Å². The minimum atomic E-state index is -0.950. The predicted molar refractivity (Wildman–Crippen MR) is 109 cm³/mol. The third-order valence-corrected chi connectivity index (χ3v) is 5.35. The third-order valence-electron chi connectivity index (χ3n) is 4.61. The normalized spacial score (nSPS) is 18.4. The number of hydrogen-bond acceptors (Lipinski definition) is 5. The first-order valence-electron chi connectivity index (χ1n) is 8.63. The second-order valence-corrected chi connectivity index (χ2v) is 7.32. The summed E-state index contributed by atoms with van der Waals surface area (Å²) in [5.74, 6) is -1.32. The Kier molecular flexibility index (Phi) is 4.90. The minimum Gasteiger partial charge on any atom is -0.507 e. The number of hydrogen-bond donors (Lipinski definition) is 1. The maximum atomic E-state index is 12.9. The van der Waals surface area contributed by atoms with Crippen LogP contribution in [0.4, 0.5) is 5.82 Å². The average molecular weight is 429 g/mol. The Morgan fingerprint density at radius 3 is 2.41 bits per heavy atom. The van der Waals surface area contributed by atoms with Gasteiger partial charge in [0.1, 0.15) is 11.5 Å². The van der Waals surface area contributed by atoms with E-state index in [9.17, 15) is 14.7 Å². The molecule has 8 heteroatoms. The molecular formula is C21H14Cl2N2O4. The number of carbonyl (C=O) groups is 2. The first kappa shape index (κ1) is 19.2. The van der Waals surface area contributed by atoms with Gasteiger partial charge < -0.3 is 9.63 Å². The van der Waals surface area contributed by atoms with E-state index in [0.29, 0.717) is 21.9 Å². The third kappa shape index (κ3) is 3.30. The van der Waals surface area contributed by atoms with Gasteiger partial charge in [-0.25, -0.2) is 0 Å². The van der Waals surface area contributed by atoms with Crippen molar-refractivity contribution in [3.63, 3.8) is 0 Å². The summed E-state index contributed by atoms with van der Waals surface area (Å²) in [5.41, 5.74) is 0.837. The number of nitrogens with zero attached hydrogens (tertiary/aromatic N) is 2. The Morgan fingerprint density at radius 2 is 1.79 bits per heavy atom. The second kappa shape index (κ2) is 7.39. The molecule has 1 aromatic heterocycles. The van der Waals surface area contributed by atoms with Crippen LogP contribution in [0.2, 0.25) is 10.0 Å². The lowest BCUT2D eigenvalue weighted by Crippen LogP contribution is -2.29. The summed E-state index contributed by atoms with van der Waals surface area (Å²) >= 11 is 12.2. The molecule has 1 saturated heterocycles. The molecule has 0 radical (unpaired) electrons. The quantitative estimate of drug-likeness (QED) is 0.363. The number of aliphatic hydroxyl groups excluding tert-OH is 1. The Bertz CT molecular complexity index is 1150. The maximum Gasteiger partial charge on any atom is 0.301 e. The topological polar surface area (TPSA) is 83.6 Å². The summed E-state index contributed by atoms with van der Waals surface area (Å²) < 4.78 is 5.09. The summed E-state index contributed by atoms with van der Waals surface area (Å²) in [7, 11) is 0. The number of aryl methyl sites for hydroxylation is 1. The lowest BCUT2D eigenvalue weighted by atomic mass is 9.95. The molecule has 0 spiro atoms. The van der Waals surface area contributed by atoms with E-state index in [1.807, 2.05) is 0 Å². The van der Waals surface area contributed by atoms with Crippen molar-refractivity contribution in [1.82, 2.24) is 5.16 Å². The fourth-order valence-electron chi connectivity index (χ4n) is 3.29. The molecule has 29 heavy (non-hydrogen) atoms. The van der Waals surface area contributed by atoms with Crippen molar-refractivity contribution in [2.24, 2.45) is 0 Å². The highest BCUT2D eigenvalue weighted by Crippen LogP contribution is 2.43. The number of anilines is 1. The molecule has 2 heterocycles. The number of aliphatic hydroxyl groups is 1. The predicted octanol–water partition coefficient (Wildman–Crippen LogP) is 4.92. The van der Waals surface area contributed by atoms with Gasteiger partial charge in [0.2, 0.25) is 0 Å². The molecule has 1 unspecified atom stereocenters. The van der Waals surface area contributed by atoms with Gasteiger partial charge in [0.25, 0.3) is 5.78 Å². The Hall–Kier alpha value is -3.09. The number of Topliss-reactive ketones (excluding diaryl/α,β-unsaturated/α-hetero) is 1. The molecule has 3 aromatic rings. The van der Waals surface area contributed by atoms with E-state index in [-0.39, 0.29) is 22.2 Å². The van der Waals surface area contributed by atoms with Crippen molar-refractivity contribution in [2.45, 2.75) is 13.0 Å². The Balaban J connectivity index is 1.97. The fourth-order valence-corrected chi connectivity index (χ4v) is 3.59. The van der Waals surface area contributed by atoms with E-state index in [2.05, 4.69) is 5.16 Å². The zero-order valence-electron chi connectivity index (χ0n) is 15.1. The molecule has 1 N–H and O–H groups in total. The summed E-state index contributed by atoms with van der Waals surface area (Å²) in [6.07, 6.45) is 0. The zero-order valence-corrected chi connectivity index (χ0v) is 16.6. The summed E-state index contributed by atoms with van der Waals surface area (Å²) in [5, 5.41) is 15.4. The van der Waals surface area contributed by atoms with Crippen molar-refractivity contribution >= 4 is 46.5 Å². The van der Waals surface area contributed by atoms with Crippen molar-refractivity contribution < 1.29 is 19.2 Å². The lowest BCUT2D eigenvalue weighted by Gasteiger charge is -2.23. The Morgan fingerprint density at radius 1 is 1.07 bits per heavy atom. The number of carbonyl (C=O) groups excluding carboxylic acids is 2. The van der Waals surface area contributed by atoms with Crippen LogP contribution in [0.25, 0.3) is 5.76 Å². The van der Waals surface area contributed by atoms with Gasteiger partial charge in [0.05, 0.1) is 21.7 Å². The molecule has 0 aliphatic carbocycles. The molecule has 1 aliphatic rings. The zero-order chi connectivity index (χ0) is 20.7. The Labute approximate surface area is 175 Å². The van der Waals surface area contributed by atoms with E-state index in [1.54, 1.807) is 55.5 Å². The van der Waals surface area contributed by atoms with Gasteiger partial charge in [-0.3, -0.25) is 14.5 Å². The van der Waals surface area contributed by atoms with Gasteiger partial charge in [-0.2, -0.15) is 0 Å². The van der Waals surface area contributed by atoms with E-state index in [4.69, 9.17) is 27.7 Å². The molecule has 146 valence electrons. The lowest BCUT2D eigenvalue weighted by molar-refractivity contribution is -0.132. The molecule has 1 atom stereocenters. The average Bonchev–Trinajstić information content (AvgIpc) is 3.25. The van der Waals surface area contributed by atoms with E-state index in [1.165, 1.54) is 11.0 Å². The molecule has 0 saturated carbocycles. The van der Waals surface area contributed by atoms with Crippen LogP contribution in [-0.2, 0) is 9.59 Å². The summed E-state index contributed by atoms with van der Waals surface area (Å²) in [6, 6.07) is 13.9. The SMILES string of the molecule is Cc1cc(N2C(=O)C(=O)/C(=C(\O)c3ccccc3)C2c2ccc(Cl)c(Cl)c2)no1. The van der Waals surface area contributed by atoms with Crippen LogP contribution in [-0.4, -0.2) is 22.0 Å². The highest BCUT2D eigenvalue weighted by atomic mass is 35.5. The first-order chi connectivity index (χ1) is 13.9. The second-order valence-electron chi connectivity index (χ2n) is 6.50. The highest BCUT2D eigenvalue weighted by Gasteiger charge is 2.48. The van der Waals surface area contributed by atoms with Crippen LogP contribution in [0.5, 0.6) is 0 Å². The molecule has 1 aliphatic heterocycles. The minimum absolute atomic E-state index is 0.0692. The van der Waals surface area contributed by atoms with Crippen molar-refractivity contribution in [3.8, 4) is 0 Å². The molecular weight excluding hydrogens is 415 g/mol. The van der Waals surface area contributed by atoms with Gasteiger partial charge in [-0.05, 0) is 24.6 Å². The van der Waals surface area contributed by atoms with Crippen LogP contribution in [0.1, 0.15) is 22.9 Å². The first-order valence-corrected chi connectivity index (χ1v) is 9.38. The van der Waals surface area contributed by atoms with Gasteiger partial charge >= 0.3 is 5.91 Å². The number of aromatic nitrogens is 1. The largest absolute Gasteiger partial charge is 0.507 e. The van der Waals surface area contributed by atoms with Gasteiger partial charge in [-0.1, -0.05) is 64.8 Å². The van der Waals surface area contributed by atoms with Crippen LogP contribution >= 0.6 is 23.2 Å². The van der Waals surface area contributed by atoms with E-state index in [0.717, 1.165) is 0 Å². The summed E-state index contributed by atoms with van der Waals surface area (Å²) in [4.78, 5) is 27.0. The molecule has 0 bridgehead atoms. The van der Waals surface area contributed by atoms with Crippen molar-refractivity contribution in [2.75, 3.05) is 4.90 Å². The van der Waals surface area contributed by atoms with Crippen molar-refractivity contribution in [3.05, 3.63) is 87.1 Å². The van der Waals surface area contributed by atoms with Gasteiger partial charge in [0.15, 0.2) is 5.82 Å². The number of benzene rings is 2. The highest BCUT2D eigenvalue weighted by molar-refractivity contribution is 6.51. The van der Waals surface area contributed by atoms with Crippen LogP contribution in [0.15, 0.2) is 64.7 Å². The molecule has 4 rings (SSSR count). The van der Waals surface area contributed by atoms with Crippen molar-refractivity contribution in [1.29, 1.82) is 0 Å². The van der Waals surface area contributed by atoms with E-state index < -0.39 is 17.7 Å². The maximum absolute atomic E-state index is 12.9. The van der Waals surface area contributed by atoms with Gasteiger partial charge in [0, 0.05) is 11.6 Å². The molecule has 1 fully saturated rings. The van der Waals surface area contributed by atoms with E-state index >= 15 is 0 Å². The number of rotatable bonds is 3. The molecule has 6 nitrogen and oxygen atoms in total. The van der Waals surface area contributed by atoms with Crippen LogP contribution in [0, 0.1) is 6.92 Å². The van der Waals surface area contributed by atoms with Gasteiger partial charge in [-0.15, -0.1) is 0 Å². The summed E-state index contributed by atoms with van der Waals surface area (Å²) in [6.45, 7) is 1.67.